The molecule has 1 heteroatoms. The number of hydrogen-bond donors (Lipinski definition) is 1. The molecule has 2 rings (SSSR count). The molecule has 1 aromatic carbocycles. The molecule has 1 aromatic rings. The first-order valence-electron chi connectivity index (χ1n) is 4.72. The van der Waals surface area contributed by atoms with E-state index in [4.69, 9.17) is 0 Å². The highest BCUT2D eigenvalue weighted by molar-refractivity contribution is 5.14. The monoisotopic (exact) mass is 161 g/mol. The largest absolute Gasteiger partial charge is 0.310 e. The zero-order chi connectivity index (χ0) is 8.23. The van der Waals surface area contributed by atoms with Crippen LogP contribution in [0, 0.1) is 0 Å². The number of benzene rings is 1. The maximum absolute atomic E-state index is 3.54. The van der Waals surface area contributed by atoms with E-state index in [1.54, 1.807) is 0 Å². The molecule has 1 aliphatic carbocycles. The molecule has 1 saturated carbocycles. The molecule has 0 saturated heterocycles. The average molecular weight is 161 g/mol. The second-order valence-electron chi connectivity index (χ2n) is 3.49. The van der Waals surface area contributed by atoms with Crippen LogP contribution in [0.2, 0.25) is 0 Å². The Labute approximate surface area is 73.8 Å². The van der Waals surface area contributed by atoms with Crippen LogP contribution in [-0.2, 0) is 6.54 Å². The van der Waals surface area contributed by atoms with E-state index in [9.17, 15) is 0 Å². The third kappa shape index (κ3) is 1.86. The SMILES string of the molecule is c1ccc(CNC2CCC2)cc1. The Balaban J connectivity index is 1.79. The maximum atomic E-state index is 3.54. The summed E-state index contributed by atoms with van der Waals surface area (Å²) >= 11 is 0. The summed E-state index contributed by atoms with van der Waals surface area (Å²) < 4.78 is 0. The van der Waals surface area contributed by atoms with Crippen molar-refractivity contribution in [2.24, 2.45) is 0 Å². The molecule has 0 spiro atoms. The van der Waals surface area contributed by atoms with Crippen molar-refractivity contribution in [2.75, 3.05) is 0 Å². The van der Waals surface area contributed by atoms with Crippen LogP contribution < -0.4 is 5.32 Å². The molecular weight excluding hydrogens is 146 g/mol. The summed E-state index contributed by atoms with van der Waals surface area (Å²) in [6.45, 7) is 1.03. The first kappa shape index (κ1) is 7.81. The minimum absolute atomic E-state index is 0.796. The van der Waals surface area contributed by atoms with Crippen molar-refractivity contribution in [3.05, 3.63) is 35.9 Å². The standard InChI is InChI=1S/C11H15N/c1-2-5-10(6-3-1)9-12-11-7-4-8-11/h1-3,5-6,11-12H,4,7-9H2. The zero-order valence-corrected chi connectivity index (χ0v) is 7.29. The van der Waals surface area contributed by atoms with Crippen LogP contribution in [0.25, 0.3) is 0 Å². The van der Waals surface area contributed by atoms with E-state index in [0.29, 0.717) is 0 Å². The van der Waals surface area contributed by atoms with Crippen LogP contribution in [-0.4, -0.2) is 6.04 Å². The topological polar surface area (TPSA) is 12.0 Å². The van der Waals surface area contributed by atoms with Crippen LogP contribution in [0.3, 0.4) is 0 Å². The van der Waals surface area contributed by atoms with E-state index in [2.05, 4.69) is 35.6 Å². The highest BCUT2D eigenvalue weighted by Gasteiger charge is 2.15. The van der Waals surface area contributed by atoms with Gasteiger partial charge in [-0.15, -0.1) is 0 Å². The Hall–Kier alpha value is -0.820. The van der Waals surface area contributed by atoms with Gasteiger partial charge in [0.2, 0.25) is 0 Å². The highest BCUT2D eigenvalue weighted by Crippen LogP contribution is 2.18. The Morgan fingerprint density at radius 3 is 2.50 bits per heavy atom. The molecule has 0 unspecified atom stereocenters. The van der Waals surface area contributed by atoms with Gasteiger partial charge in [0.25, 0.3) is 0 Å². The van der Waals surface area contributed by atoms with E-state index < -0.39 is 0 Å². The third-order valence-corrected chi connectivity index (χ3v) is 2.54. The summed E-state index contributed by atoms with van der Waals surface area (Å²) in [5.74, 6) is 0. The van der Waals surface area contributed by atoms with E-state index in [-0.39, 0.29) is 0 Å². The molecule has 0 bridgehead atoms. The fraction of sp³-hybridized carbons (Fsp3) is 0.455. The summed E-state index contributed by atoms with van der Waals surface area (Å²) in [6.07, 6.45) is 4.14. The molecule has 0 radical (unpaired) electrons. The van der Waals surface area contributed by atoms with Gasteiger partial charge < -0.3 is 5.32 Å². The first-order valence-corrected chi connectivity index (χ1v) is 4.72. The lowest BCUT2D eigenvalue weighted by Gasteiger charge is -2.26. The van der Waals surface area contributed by atoms with Gasteiger partial charge in [-0.25, -0.2) is 0 Å². The van der Waals surface area contributed by atoms with Gasteiger partial charge in [0, 0.05) is 12.6 Å². The minimum atomic E-state index is 0.796. The molecule has 1 aliphatic rings. The molecule has 64 valence electrons. The van der Waals surface area contributed by atoms with E-state index in [1.807, 2.05) is 0 Å². The second kappa shape index (κ2) is 3.72. The quantitative estimate of drug-likeness (QED) is 0.717. The summed E-state index contributed by atoms with van der Waals surface area (Å²) in [4.78, 5) is 0. The van der Waals surface area contributed by atoms with Crippen molar-refractivity contribution in [1.29, 1.82) is 0 Å². The number of nitrogens with one attached hydrogen (secondary N) is 1. The van der Waals surface area contributed by atoms with Crippen molar-refractivity contribution < 1.29 is 0 Å². The van der Waals surface area contributed by atoms with Crippen molar-refractivity contribution in [3.8, 4) is 0 Å². The van der Waals surface area contributed by atoms with Crippen LogP contribution >= 0.6 is 0 Å². The smallest absolute Gasteiger partial charge is 0.0208 e. The van der Waals surface area contributed by atoms with Crippen molar-refractivity contribution >= 4 is 0 Å². The van der Waals surface area contributed by atoms with Crippen molar-refractivity contribution in [2.45, 2.75) is 31.8 Å². The summed E-state index contributed by atoms with van der Waals surface area (Å²) in [5, 5.41) is 3.54. The predicted octanol–water partition coefficient (Wildman–Crippen LogP) is 2.33. The minimum Gasteiger partial charge on any atom is -0.310 e. The van der Waals surface area contributed by atoms with Gasteiger partial charge in [-0.05, 0) is 18.4 Å². The fourth-order valence-corrected chi connectivity index (χ4v) is 1.47. The molecule has 0 amide bonds. The lowest BCUT2D eigenvalue weighted by molar-refractivity contribution is 0.338. The van der Waals surface area contributed by atoms with E-state index in [0.717, 1.165) is 12.6 Å². The normalized spacial score (nSPS) is 17.3. The van der Waals surface area contributed by atoms with Gasteiger partial charge in [0.15, 0.2) is 0 Å². The van der Waals surface area contributed by atoms with Crippen molar-refractivity contribution in [3.63, 3.8) is 0 Å². The predicted molar refractivity (Wildman–Crippen MR) is 50.9 cm³/mol. The molecule has 1 N–H and O–H groups in total. The molecule has 1 fully saturated rings. The Morgan fingerprint density at radius 1 is 1.17 bits per heavy atom. The Kier molecular flexibility index (Phi) is 2.42. The van der Waals surface area contributed by atoms with Gasteiger partial charge in [-0.1, -0.05) is 36.8 Å². The van der Waals surface area contributed by atoms with E-state index >= 15 is 0 Å². The maximum Gasteiger partial charge on any atom is 0.0208 e. The molecular formula is C11H15N. The lowest BCUT2D eigenvalue weighted by atomic mass is 9.93. The molecule has 0 aliphatic heterocycles. The van der Waals surface area contributed by atoms with Gasteiger partial charge in [-0.2, -0.15) is 0 Å². The summed E-state index contributed by atoms with van der Waals surface area (Å²) in [6, 6.07) is 11.4. The van der Waals surface area contributed by atoms with Crippen LogP contribution in [0.5, 0.6) is 0 Å². The summed E-state index contributed by atoms with van der Waals surface area (Å²) in [7, 11) is 0. The van der Waals surface area contributed by atoms with Crippen LogP contribution in [0.1, 0.15) is 24.8 Å². The van der Waals surface area contributed by atoms with E-state index in [1.165, 1.54) is 24.8 Å². The molecule has 12 heavy (non-hydrogen) atoms. The van der Waals surface area contributed by atoms with Gasteiger partial charge in [0.05, 0.1) is 0 Å². The Bertz CT molecular complexity index is 226. The number of hydrogen-bond acceptors (Lipinski definition) is 1. The second-order valence-corrected chi connectivity index (χ2v) is 3.49. The first-order chi connectivity index (χ1) is 5.95. The fourth-order valence-electron chi connectivity index (χ4n) is 1.47. The molecule has 0 heterocycles. The van der Waals surface area contributed by atoms with Gasteiger partial charge in [0.1, 0.15) is 0 Å². The Morgan fingerprint density at radius 2 is 1.92 bits per heavy atom. The average Bonchev–Trinajstić information content (AvgIpc) is 2.04. The van der Waals surface area contributed by atoms with Gasteiger partial charge in [-0.3, -0.25) is 0 Å². The molecule has 0 aromatic heterocycles. The molecule has 1 nitrogen and oxygen atoms in total. The van der Waals surface area contributed by atoms with Crippen LogP contribution in [0.15, 0.2) is 30.3 Å². The third-order valence-electron chi connectivity index (χ3n) is 2.54. The van der Waals surface area contributed by atoms with Gasteiger partial charge >= 0.3 is 0 Å². The molecule has 0 atom stereocenters. The van der Waals surface area contributed by atoms with Crippen molar-refractivity contribution in [1.82, 2.24) is 5.32 Å². The van der Waals surface area contributed by atoms with Crippen LogP contribution in [0.4, 0.5) is 0 Å². The zero-order valence-electron chi connectivity index (χ0n) is 7.29. The highest BCUT2D eigenvalue weighted by atomic mass is 14.9. The summed E-state index contributed by atoms with van der Waals surface area (Å²) in [5.41, 5.74) is 1.39. The lowest BCUT2D eigenvalue weighted by Crippen LogP contribution is -2.34. The number of rotatable bonds is 3.